The van der Waals surface area contributed by atoms with Crippen LogP contribution in [0.15, 0.2) is 0 Å². The largest absolute Gasteiger partial charge is 0.395 e. The van der Waals surface area contributed by atoms with Crippen LogP contribution in [0.4, 0.5) is 0 Å². The minimum absolute atomic E-state index is 0.194. The van der Waals surface area contributed by atoms with Crippen LogP contribution in [-0.2, 0) is 10.0 Å². The first-order valence-electron chi connectivity index (χ1n) is 2.52. The van der Waals surface area contributed by atoms with Crippen molar-refractivity contribution in [1.82, 2.24) is 4.31 Å². The van der Waals surface area contributed by atoms with E-state index in [0.29, 0.717) is 0 Å². The molecule has 0 bridgehead atoms. The van der Waals surface area contributed by atoms with Crippen molar-refractivity contribution in [2.24, 2.45) is 0 Å². The molecule has 0 rings (SSSR count). The van der Waals surface area contributed by atoms with Gasteiger partial charge >= 0.3 is 0 Å². The fraction of sp³-hybridized carbons (Fsp3) is 1.00. The van der Waals surface area contributed by atoms with Crippen LogP contribution in [0.5, 0.6) is 0 Å². The Morgan fingerprint density at radius 2 is 1.89 bits per heavy atom. The van der Waals surface area contributed by atoms with E-state index < -0.39 is 10.0 Å². The van der Waals surface area contributed by atoms with Crippen LogP contribution in [0.25, 0.3) is 0 Å². The van der Waals surface area contributed by atoms with Gasteiger partial charge < -0.3 is 5.11 Å². The Hall–Kier alpha value is -0.130. The third-order valence-electron chi connectivity index (χ3n) is 0.906. The molecule has 0 aromatic heterocycles. The molecule has 0 fully saturated rings. The zero-order valence-electron chi connectivity index (χ0n) is 5.53. The third kappa shape index (κ3) is 2.78. The van der Waals surface area contributed by atoms with Gasteiger partial charge in [0.1, 0.15) is 0 Å². The number of sulfonamides is 1. The lowest BCUT2D eigenvalue weighted by Gasteiger charge is -2.08. The summed E-state index contributed by atoms with van der Waals surface area (Å²) >= 11 is 0. The molecular weight excluding hydrogens is 142 g/mol. The second-order valence-corrected chi connectivity index (χ2v) is 4.12. The minimum Gasteiger partial charge on any atom is -0.395 e. The Bertz CT molecular complexity index is 161. The first-order valence-corrected chi connectivity index (χ1v) is 4.12. The van der Waals surface area contributed by atoms with E-state index in [0.717, 1.165) is 4.31 Å². The van der Waals surface area contributed by atoms with Gasteiger partial charge in [0, 0.05) is 14.1 Å². The summed E-state index contributed by atoms with van der Waals surface area (Å²) in [5.41, 5.74) is 0. The fourth-order valence-corrected chi connectivity index (χ4v) is 0.894. The smallest absolute Gasteiger partial charge is 0.215 e. The zero-order valence-corrected chi connectivity index (χ0v) is 6.35. The van der Waals surface area contributed by atoms with Gasteiger partial charge in [0.05, 0.1) is 12.4 Å². The molecule has 0 heterocycles. The van der Waals surface area contributed by atoms with E-state index in [-0.39, 0.29) is 12.4 Å². The van der Waals surface area contributed by atoms with Crippen molar-refractivity contribution >= 4 is 10.0 Å². The summed E-state index contributed by atoms with van der Waals surface area (Å²) in [7, 11) is -0.294. The molecule has 0 aliphatic carbocycles. The number of aliphatic hydroxyl groups excluding tert-OH is 1. The van der Waals surface area contributed by atoms with Crippen LogP contribution < -0.4 is 0 Å². The van der Waals surface area contributed by atoms with Gasteiger partial charge in [-0.05, 0) is 0 Å². The maximum atomic E-state index is 10.7. The first-order chi connectivity index (χ1) is 4.00. The molecule has 0 aliphatic rings. The first kappa shape index (κ1) is 8.87. The van der Waals surface area contributed by atoms with Crippen LogP contribution in [-0.4, -0.2) is 44.3 Å². The highest BCUT2D eigenvalue weighted by atomic mass is 32.2. The van der Waals surface area contributed by atoms with Gasteiger partial charge in [-0.25, -0.2) is 12.7 Å². The highest BCUT2D eigenvalue weighted by molar-refractivity contribution is 7.89. The normalized spacial score (nSPS) is 12.4. The van der Waals surface area contributed by atoms with E-state index in [2.05, 4.69) is 0 Å². The number of hydrogen-bond acceptors (Lipinski definition) is 3. The Balaban J connectivity index is 4.05. The van der Waals surface area contributed by atoms with Gasteiger partial charge in [-0.2, -0.15) is 0 Å². The number of aliphatic hydroxyl groups is 1. The molecule has 9 heavy (non-hydrogen) atoms. The number of nitrogens with zero attached hydrogens (tertiary/aromatic N) is 1. The molecule has 0 amide bonds. The average molecular weight is 153 g/mol. The van der Waals surface area contributed by atoms with Crippen molar-refractivity contribution in [3.05, 3.63) is 0 Å². The maximum Gasteiger partial charge on any atom is 0.215 e. The van der Waals surface area contributed by atoms with Gasteiger partial charge in [-0.1, -0.05) is 0 Å². The van der Waals surface area contributed by atoms with Gasteiger partial charge in [-0.3, -0.25) is 0 Å². The quantitative estimate of drug-likeness (QED) is 0.558. The van der Waals surface area contributed by atoms with Gasteiger partial charge in [-0.15, -0.1) is 0 Å². The van der Waals surface area contributed by atoms with E-state index >= 15 is 0 Å². The molecule has 5 heteroatoms. The topological polar surface area (TPSA) is 57.6 Å². The van der Waals surface area contributed by atoms with Crippen molar-refractivity contribution in [2.75, 3.05) is 26.5 Å². The van der Waals surface area contributed by atoms with Gasteiger partial charge in [0.25, 0.3) is 0 Å². The van der Waals surface area contributed by atoms with E-state index in [4.69, 9.17) is 5.11 Å². The van der Waals surface area contributed by atoms with Crippen LogP contribution in [0.1, 0.15) is 0 Å². The number of rotatable bonds is 3. The minimum atomic E-state index is -3.16. The van der Waals surface area contributed by atoms with Crippen LogP contribution in [0, 0.1) is 0 Å². The van der Waals surface area contributed by atoms with E-state index in [9.17, 15) is 8.42 Å². The van der Waals surface area contributed by atoms with Crippen molar-refractivity contribution in [2.45, 2.75) is 0 Å². The second-order valence-electron chi connectivity index (χ2n) is 1.82. The molecule has 0 atom stereocenters. The predicted molar refractivity (Wildman–Crippen MR) is 34.6 cm³/mol. The van der Waals surface area contributed by atoms with Crippen molar-refractivity contribution in [1.29, 1.82) is 0 Å². The third-order valence-corrected chi connectivity index (χ3v) is 2.72. The lowest BCUT2D eigenvalue weighted by Crippen LogP contribution is -2.26. The Kier molecular flexibility index (Phi) is 3.10. The Labute approximate surface area is 55.1 Å². The SMILES string of the molecule is CN(C)S(=O)(=O)CCO. The van der Waals surface area contributed by atoms with Gasteiger partial charge in [0.15, 0.2) is 0 Å². The highest BCUT2D eigenvalue weighted by Gasteiger charge is 2.10. The summed E-state index contributed by atoms with van der Waals surface area (Å²) in [5.74, 6) is -0.194. The predicted octanol–water partition coefficient (Wildman–Crippen LogP) is -1.13. The Morgan fingerprint density at radius 1 is 1.44 bits per heavy atom. The molecule has 0 aliphatic heterocycles. The molecule has 0 radical (unpaired) electrons. The van der Waals surface area contributed by atoms with Crippen LogP contribution in [0.3, 0.4) is 0 Å². The molecule has 0 spiro atoms. The van der Waals surface area contributed by atoms with E-state index in [1.807, 2.05) is 0 Å². The maximum absolute atomic E-state index is 10.7. The molecule has 1 N–H and O–H groups in total. The lowest BCUT2D eigenvalue weighted by molar-refractivity contribution is 0.317. The summed E-state index contributed by atoms with van der Waals surface area (Å²) in [6.45, 7) is -0.319. The number of hydrogen-bond donors (Lipinski definition) is 1. The van der Waals surface area contributed by atoms with Crippen molar-refractivity contribution in [3.63, 3.8) is 0 Å². The zero-order chi connectivity index (χ0) is 7.49. The van der Waals surface area contributed by atoms with E-state index in [1.165, 1.54) is 14.1 Å². The second kappa shape index (κ2) is 3.14. The lowest BCUT2D eigenvalue weighted by atomic mass is 10.9. The van der Waals surface area contributed by atoms with Crippen LogP contribution >= 0.6 is 0 Å². The van der Waals surface area contributed by atoms with E-state index in [1.54, 1.807) is 0 Å². The standard InChI is InChI=1S/C4H11NO3S/c1-5(2)9(7,8)4-3-6/h6H,3-4H2,1-2H3. The monoisotopic (exact) mass is 153 g/mol. The molecule has 0 saturated heterocycles. The molecular formula is C4H11NO3S. The van der Waals surface area contributed by atoms with Crippen molar-refractivity contribution in [3.8, 4) is 0 Å². The molecule has 56 valence electrons. The molecule has 0 unspecified atom stereocenters. The highest BCUT2D eigenvalue weighted by Crippen LogP contribution is 1.90. The fourth-order valence-electron chi connectivity index (χ4n) is 0.298. The summed E-state index contributed by atoms with van der Waals surface area (Å²) < 4.78 is 22.5. The van der Waals surface area contributed by atoms with Crippen LogP contribution in [0.2, 0.25) is 0 Å². The summed E-state index contributed by atoms with van der Waals surface area (Å²) in [6.07, 6.45) is 0. The van der Waals surface area contributed by atoms with Crippen molar-refractivity contribution < 1.29 is 13.5 Å². The average Bonchev–Trinajstić information content (AvgIpc) is 1.65. The summed E-state index contributed by atoms with van der Waals surface area (Å²) in [5, 5.41) is 8.24. The summed E-state index contributed by atoms with van der Waals surface area (Å²) in [4.78, 5) is 0. The molecule has 0 aromatic rings. The van der Waals surface area contributed by atoms with Gasteiger partial charge in [0.2, 0.25) is 10.0 Å². The molecule has 0 saturated carbocycles. The molecule has 0 aromatic carbocycles. The summed E-state index contributed by atoms with van der Waals surface area (Å²) in [6, 6.07) is 0. The Morgan fingerprint density at radius 3 is 2.00 bits per heavy atom. The molecule has 4 nitrogen and oxygen atoms in total.